The van der Waals surface area contributed by atoms with Gasteiger partial charge in [-0.15, -0.1) is 0 Å². The first kappa shape index (κ1) is 13.0. The minimum absolute atomic E-state index is 0.0464. The fourth-order valence-electron chi connectivity index (χ4n) is 2.05. The third kappa shape index (κ3) is 2.87. The van der Waals surface area contributed by atoms with Crippen molar-refractivity contribution in [1.82, 2.24) is 9.97 Å². The Kier molecular flexibility index (Phi) is 3.95. The highest BCUT2D eigenvalue weighted by Gasteiger charge is 2.32. The number of hydrogen-bond acceptors (Lipinski definition) is 7. The van der Waals surface area contributed by atoms with Crippen LogP contribution in [0.1, 0.15) is 18.5 Å². The van der Waals surface area contributed by atoms with Gasteiger partial charge in [-0.2, -0.15) is 4.98 Å². The zero-order valence-electron chi connectivity index (χ0n) is 10.4. The van der Waals surface area contributed by atoms with Crippen LogP contribution in [0, 0.1) is 6.92 Å². The van der Waals surface area contributed by atoms with Crippen molar-refractivity contribution >= 4 is 11.8 Å². The number of ether oxygens (including phenoxy) is 1. The lowest BCUT2D eigenvalue weighted by atomic mass is 9.91. The summed E-state index contributed by atoms with van der Waals surface area (Å²) in [7, 11) is 0. The van der Waals surface area contributed by atoms with Crippen LogP contribution in [0.2, 0.25) is 0 Å². The highest BCUT2D eigenvalue weighted by atomic mass is 16.5. The van der Waals surface area contributed by atoms with Crippen molar-refractivity contribution in [3.05, 3.63) is 11.8 Å². The molecule has 7 heteroatoms. The van der Waals surface area contributed by atoms with Crippen molar-refractivity contribution in [2.75, 3.05) is 30.6 Å². The van der Waals surface area contributed by atoms with Crippen molar-refractivity contribution in [2.45, 2.75) is 25.3 Å². The number of aromatic nitrogens is 2. The molecule has 0 unspecified atom stereocenters. The second-order valence-corrected chi connectivity index (χ2v) is 4.54. The highest BCUT2D eigenvalue weighted by molar-refractivity contribution is 5.44. The predicted molar refractivity (Wildman–Crippen MR) is 68.1 cm³/mol. The van der Waals surface area contributed by atoms with Gasteiger partial charge in [-0.3, -0.25) is 5.43 Å². The number of hydrogen-bond donors (Lipinski definition) is 4. The number of nitrogens with two attached hydrogens (primary N) is 1. The summed E-state index contributed by atoms with van der Waals surface area (Å²) in [5, 5.41) is 12.9. The quantitative estimate of drug-likeness (QED) is 0.443. The molecule has 0 radical (unpaired) electrons. The van der Waals surface area contributed by atoms with Crippen molar-refractivity contribution in [3.63, 3.8) is 0 Å². The number of anilines is 2. The summed E-state index contributed by atoms with van der Waals surface area (Å²) in [6.45, 7) is 3.19. The number of rotatable bonds is 4. The Balaban J connectivity index is 2.18. The molecule has 1 aliphatic heterocycles. The molecule has 1 fully saturated rings. The summed E-state index contributed by atoms with van der Waals surface area (Å²) >= 11 is 0. The van der Waals surface area contributed by atoms with Crippen LogP contribution in [0.15, 0.2) is 6.07 Å². The monoisotopic (exact) mass is 253 g/mol. The zero-order chi connectivity index (χ0) is 13.0. The first-order chi connectivity index (χ1) is 8.67. The van der Waals surface area contributed by atoms with Gasteiger partial charge in [0.25, 0.3) is 0 Å². The van der Waals surface area contributed by atoms with Crippen LogP contribution in [0.4, 0.5) is 11.8 Å². The minimum Gasteiger partial charge on any atom is -0.394 e. The molecule has 0 atom stereocenters. The van der Waals surface area contributed by atoms with Gasteiger partial charge >= 0.3 is 0 Å². The van der Waals surface area contributed by atoms with Crippen LogP contribution in [-0.4, -0.2) is 40.4 Å². The van der Waals surface area contributed by atoms with E-state index in [1.807, 2.05) is 13.0 Å². The standard InChI is InChI=1S/C11H19N5O2/c1-8-6-9(14-10(13-8)16-12)15-11(7-17)2-4-18-5-3-11/h6,17H,2-5,7,12H2,1H3,(H2,13,14,15,16). The van der Waals surface area contributed by atoms with E-state index in [1.54, 1.807) is 0 Å². The summed E-state index contributed by atoms with van der Waals surface area (Å²) in [5.41, 5.74) is 2.86. The lowest BCUT2D eigenvalue weighted by Gasteiger charge is -2.36. The van der Waals surface area contributed by atoms with E-state index in [0.29, 0.717) is 25.0 Å². The first-order valence-corrected chi connectivity index (χ1v) is 5.96. The topological polar surface area (TPSA) is 105 Å². The van der Waals surface area contributed by atoms with Crippen molar-refractivity contribution in [3.8, 4) is 0 Å². The minimum atomic E-state index is -0.370. The molecule has 100 valence electrons. The molecule has 1 saturated heterocycles. The van der Waals surface area contributed by atoms with Gasteiger partial charge in [0.2, 0.25) is 5.95 Å². The van der Waals surface area contributed by atoms with E-state index in [0.717, 1.165) is 18.5 Å². The van der Waals surface area contributed by atoms with Crippen LogP contribution < -0.4 is 16.6 Å². The van der Waals surface area contributed by atoms with Gasteiger partial charge in [0.15, 0.2) is 0 Å². The third-order valence-corrected chi connectivity index (χ3v) is 3.13. The Labute approximate surface area is 106 Å². The number of aliphatic hydroxyl groups is 1. The van der Waals surface area contributed by atoms with E-state index in [4.69, 9.17) is 10.6 Å². The molecule has 0 bridgehead atoms. The number of nitrogen functional groups attached to an aromatic ring is 1. The maximum Gasteiger partial charge on any atom is 0.239 e. The number of nitrogens with zero attached hydrogens (tertiary/aromatic N) is 2. The molecule has 0 spiro atoms. The predicted octanol–water partition coefficient (Wildman–Crippen LogP) is 0.0240. The van der Waals surface area contributed by atoms with E-state index >= 15 is 0 Å². The van der Waals surface area contributed by atoms with Crippen molar-refractivity contribution in [2.24, 2.45) is 5.84 Å². The summed E-state index contributed by atoms with van der Waals surface area (Å²) in [5.74, 6) is 6.33. The Hall–Kier alpha value is -1.44. The van der Waals surface area contributed by atoms with E-state index in [2.05, 4.69) is 20.7 Å². The molecule has 0 saturated carbocycles. The Morgan fingerprint density at radius 1 is 1.44 bits per heavy atom. The molecule has 1 aromatic rings. The Morgan fingerprint density at radius 2 is 2.17 bits per heavy atom. The maximum absolute atomic E-state index is 9.60. The molecular formula is C11H19N5O2. The molecule has 7 nitrogen and oxygen atoms in total. The Bertz CT molecular complexity index is 406. The summed E-state index contributed by atoms with van der Waals surface area (Å²) < 4.78 is 5.32. The lowest BCUT2D eigenvalue weighted by Crippen LogP contribution is -2.47. The van der Waals surface area contributed by atoms with Gasteiger partial charge in [0.1, 0.15) is 5.82 Å². The molecule has 1 aromatic heterocycles. The molecule has 5 N–H and O–H groups in total. The fourth-order valence-corrected chi connectivity index (χ4v) is 2.05. The number of nitrogens with one attached hydrogen (secondary N) is 2. The van der Waals surface area contributed by atoms with Crippen LogP contribution in [0.3, 0.4) is 0 Å². The molecular weight excluding hydrogens is 234 g/mol. The molecule has 2 rings (SSSR count). The van der Waals surface area contributed by atoms with Gasteiger partial charge in [-0.25, -0.2) is 10.8 Å². The van der Waals surface area contributed by atoms with Crippen molar-refractivity contribution in [1.29, 1.82) is 0 Å². The second-order valence-electron chi connectivity index (χ2n) is 4.54. The third-order valence-electron chi connectivity index (χ3n) is 3.13. The van der Waals surface area contributed by atoms with E-state index < -0.39 is 0 Å². The van der Waals surface area contributed by atoms with Gasteiger partial charge < -0.3 is 15.2 Å². The van der Waals surface area contributed by atoms with Crippen LogP contribution in [0.5, 0.6) is 0 Å². The lowest BCUT2D eigenvalue weighted by molar-refractivity contribution is 0.0378. The highest BCUT2D eigenvalue weighted by Crippen LogP contribution is 2.25. The maximum atomic E-state index is 9.60. The fraction of sp³-hybridized carbons (Fsp3) is 0.636. The summed E-state index contributed by atoms with van der Waals surface area (Å²) in [6.07, 6.45) is 1.50. The van der Waals surface area contributed by atoms with E-state index in [1.165, 1.54) is 0 Å². The zero-order valence-corrected chi connectivity index (χ0v) is 10.4. The molecule has 2 heterocycles. The van der Waals surface area contributed by atoms with E-state index in [9.17, 15) is 5.11 Å². The SMILES string of the molecule is Cc1cc(NC2(CO)CCOCC2)nc(NN)n1. The number of hydrazine groups is 1. The van der Waals surface area contributed by atoms with Crippen LogP contribution in [0.25, 0.3) is 0 Å². The summed E-state index contributed by atoms with van der Waals surface area (Å²) in [4.78, 5) is 8.35. The molecule has 18 heavy (non-hydrogen) atoms. The molecule has 0 aliphatic carbocycles. The summed E-state index contributed by atoms with van der Waals surface area (Å²) in [6, 6.07) is 1.83. The first-order valence-electron chi connectivity index (χ1n) is 5.96. The largest absolute Gasteiger partial charge is 0.394 e. The average molecular weight is 253 g/mol. The second kappa shape index (κ2) is 5.47. The average Bonchev–Trinajstić information content (AvgIpc) is 2.39. The Morgan fingerprint density at radius 3 is 2.78 bits per heavy atom. The number of aryl methyl sites for hydroxylation is 1. The molecule has 0 amide bonds. The van der Waals surface area contributed by atoms with Gasteiger partial charge in [-0.05, 0) is 19.8 Å². The molecule has 1 aliphatic rings. The van der Waals surface area contributed by atoms with E-state index in [-0.39, 0.29) is 12.1 Å². The van der Waals surface area contributed by atoms with Gasteiger partial charge in [0, 0.05) is 25.0 Å². The number of aliphatic hydroxyl groups excluding tert-OH is 1. The van der Waals surface area contributed by atoms with Gasteiger partial charge in [0.05, 0.1) is 12.1 Å². The molecule has 0 aromatic carbocycles. The van der Waals surface area contributed by atoms with Crippen LogP contribution >= 0.6 is 0 Å². The van der Waals surface area contributed by atoms with Crippen molar-refractivity contribution < 1.29 is 9.84 Å². The smallest absolute Gasteiger partial charge is 0.239 e. The van der Waals surface area contributed by atoms with Gasteiger partial charge in [-0.1, -0.05) is 0 Å². The van der Waals surface area contributed by atoms with Crippen LogP contribution in [-0.2, 0) is 4.74 Å². The normalized spacial score (nSPS) is 18.4.